The highest BCUT2D eigenvalue weighted by atomic mass is 15.4. The summed E-state index contributed by atoms with van der Waals surface area (Å²) in [5.41, 5.74) is 0.918. The van der Waals surface area contributed by atoms with E-state index in [1.54, 1.807) is 10.9 Å². The fourth-order valence-corrected chi connectivity index (χ4v) is 1.90. The second-order valence-corrected chi connectivity index (χ2v) is 4.15. The highest BCUT2D eigenvalue weighted by Crippen LogP contribution is 2.17. The van der Waals surface area contributed by atoms with E-state index in [1.807, 2.05) is 48.5 Å². The largest absolute Gasteiger partial charge is 0.237 e. The van der Waals surface area contributed by atoms with Gasteiger partial charge in [-0.05, 0) is 12.1 Å². The number of aromatic nitrogens is 4. The molecule has 0 atom stereocenters. The first kappa shape index (κ1) is 12.1. The van der Waals surface area contributed by atoms with Gasteiger partial charge in [0.05, 0.1) is 12.5 Å². The molecule has 0 aliphatic carbocycles. The van der Waals surface area contributed by atoms with Crippen molar-refractivity contribution in [3.8, 4) is 23.3 Å². The molecule has 2 aromatic heterocycles. The maximum absolute atomic E-state index is 8.92. The zero-order chi connectivity index (χ0) is 13.8. The number of hydrogen-bond donors (Lipinski definition) is 0. The van der Waals surface area contributed by atoms with Crippen LogP contribution in [0.1, 0.15) is 5.82 Å². The molecule has 0 aliphatic heterocycles. The summed E-state index contributed by atoms with van der Waals surface area (Å²) in [5.74, 6) is 1.85. The van der Waals surface area contributed by atoms with E-state index in [2.05, 4.69) is 21.1 Å². The van der Waals surface area contributed by atoms with Gasteiger partial charge in [0.15, 0.2) is 11.6 Å². The Hall–Kier alpha value is -3.00. The van der Waals surface area contributed by atoms with Crippen molar-refractivity contribution in [3.05, 3.63) is 60.6 Å². The minimum Gasteiger partial charge on any atom is -0.237 e. The lowest BCUT2D eigenvalue weighted by Crippen LogP contribution is -2.04. The van der Waals surface area contributed by atoms with E-state index in [9.17, 15) is 0 Å². The number of pyridine rings is 1. The molecule has 0 fully saturated rings. The zero-order valence-electron chi connectivity index (χ0n) is 10.6. The molecule has 0 bridgehead atoms. The van der Waals surface area contributed by atoms with Gasteiger partial charge in [-0.2, -0.15) is 9.94 Å². The van der Waals surface area contributed by atoms with Gasteiger partial charge in [-0.3, -0.25) is 0 Å². The average Bonchev–Trinajstić information content (AvgIpc) is 2.94. The molecule has 0 radical (unpaired) electrons. The van der Waals surface area contributed by atoms with E-state index in [1.165, 1.54) is 0 Å². The lowest BCUT2D eigenvalue weighted by Gasteiger charge is -2.00. The van der Waals surface area contributed by atoms with Crippen LogP contribution in [-0.2, 0) is 6.42 Å². The molecule has 96 valence electrons. The molecule has 0 amide bonds. The van der Waals surface area contributed by atoms with E-state index in [0.717, 1.165) is 5.56 Å². The Morgan fingerprint density at radius 1 is 1.05 bits per heavy atom. The van der Waals surface area contributed by atoms with Gasteiger partial charge in [0.2, 0.25) is 0 Å². The molecule has 0 N–H and O–H groups in total. The zero-order valence-corrected chi connectivity index (χ0v) is 10.6. The number of nitriles is 1. The smallest absolute Gasteiger partial charge is 0.181 e. The maximum atomic E-state index is 8.92. The number of benzene rings is 1. The molecule has 0 saturated heterocycles. The number of rotatable bonds is 3. The molecule has 2 heterocycles. The highest BCUT2D eigenvalue weighted by Gasteiger charge is 2.13. The molecule has 0 unspecified atom stereocenters. The first-order chi connectivity index (χ1) is 9.88. The van der Waals surface area contributed by atoms with Crippen molar-refractivity contribution in [2.75, 3.05) is 0 Å². The molecule has 3 aromatic rings. The molecule has 5 heteroatoms. The Labute approximate surface area is 116 Å². The van der Waals surface area contributed by atoms with E-state index in [-0.39, 0.29) is 6.42 Å². The number of hydrogen-bond acceptors (Lipinski definition) is 4. The molecule has 0 spiro atoms. The summed E-state index contributed by atoms with van der Waals surface area (Å²) in [4.78, 5) is 8.69. The average molecular weight is 261 g/mol. The Balaban J connectivity index is 2.11. The normalized spacial score (nSPS) is 10.2. The highest BCUT2D eigenvalue weighted by molar-refractivity contribution is 5.54. The lowest BCUT2D eigenvalue weighted by atomic mass is 10.2. The van der Waals surface area contributed by atoms with Gasteiger partial charge in [-0.15, -0.1) is 5.10 Å². The fourth-order valence-electron chi connectivity index (χ4n) is 1.90. The van der Waals surface area contributed by atoms with Gasteiger partial charge >= 0.3 is 0 Å². The Morgan fingerprint density at radius 2 is 1.85 bits per heavy atom. The topological polar surface area (TPSA) is 67.4 Å². The summed E-state index contributed by atoms with van der Waals surface area (Å²) >= 11 is 0. The number of nitrogens with zero attached hydrogens (tertiary/aromatic N) is 5. The molecule has 5 nitrogen and oxygen atoms in total. The first-order valence-electron chi connectivity index (χ1n) is 6.18. The Bertz CT molecular complexity index is 741. The molecule has 0 saturated carbocycles. The SMILES string of the molecule is N#CCc1nc(-c2ccccc2)nn1-c1ccccn1. The summed E-state index contributed by atoms with van der Waals surface area (Å²) in [6, 6.07) is 17.3. The monoisotopic (exact) mass is 261 g/mol. The second-order valence-electron chi connectivity index (χ2n) is 4.15. The Kier molecular flexibility index (Phi) is 3.21. The van der Waals surface area contributed by atoms with Crippen molar-refractivity contribution in [1.82, 2.24) is 19.7 Å². The first-order valence-corrected chi connectivity index (χ1v) is 6.18. The summed E-state index contributed by atoms with van der Waals surface area (Å²) in [7, 11) is 0. The van der Waals surface area contributed by atoms with Gasteiger partial charge in [-0.1, -0.05) is 36.4 Å². The minimum atomic E-state index is 0.191. The predicted octanol–water partition coefficient (Wildman–Crippen LogP) is 2.40. The van der Waals surface area contributed by atoms with Crippen LogP contribution in [0.2, 0.25) is 0 Å². The summed E-state index contributed by atoms with van der Waals surface area (Å²) in [6.45, 7) is 0. The van der Waals surface area contributed by atoms with Crippen molar-refractivity contribution in [3.63, 3.8) is 0 Å². The van der Waals surface area contributed by atoms with Gasteiger partial charge < -0.3 is 0 Å². The molecule has 20 heavy (non-hydrogen) atoms. The van der Waals surface area contributed by atoms with Crippen LogP contribution in [-0.4, -0.2) is 19.7 Å². The van der Waals surface area contributed by atoms with Gasteiger partial charge in [0.1, 0.15) is 5.82 Å². The molecule has 3 rings (SSSR count). The van der Waals surface area contributed by atoms with Gasteiger partial charge in [0, 0.05) is 11.8 Å². The van der Waals surface area contributed by atoms with Crippen LogP contribution in [0.4, 0.5) is 0 Å². The standard InChI is InChI=1S/C15H11N5/c16-10-9-14-18-15(12-6-2-1-3-7-12)19-20(14)13-8-4-5-11-17-13/h1-8,11H,9H2. The third-order valence-electron chi connectivity index (χ3n) is 2.81. The van der Waals surface area contributed by atoms with Gasteiger partial charge in [0.25, 0.3) is 0 Å². The minimum absolute atomic E-state index is 0.191. The van der Waals surface area contributed by atoms with Crippen molar-refractivity contribution >= 4 is 0 Å². The summed E-state index contributed by atoms with van der Waals surface area (Å²) in [6.07, 6.45) is 1.88. The van der Waals surface area contributed by atoms with E-state index >= 15 is 0 Å². The van der Waals surface area contributed by atoms with Crippen LogP contribution in [0, 0.1) is 11.3 Å². The van der Waals surface area contributed by atoms with E-state index in [0.29, 0.717) is 17.5 Å². The van der Waals surface area contributed by atoms with Gasteiger partial charge in [-0.25, -0.2) is 9.97 Å². The van der Waals surface area contributed by atoms with Crippen LogP contribution in [0.3, 0.4) is 0 Å². The van der Waals surface area contributed by atoms with Crippen LogP contribution in [0.25, 0.3) is 17.2 Å². The van der Waals surface area contributed by atoms with Crippen LogP contribution >= 0.6 is 0 Å². The van der Waals surface area contributed by atoms with Crippen molar-refractivity contribution < 1.29 is 0 Å². The maximum Gasteiger partial charge on any atom is 0.181 e. The van der Waals surface area contributed by atoms with Crippen molar-refractivity contribution in [1.29, 1.82) is 5.26 Å². The van der Waals surface area contributed by atoms with E-state index in [4.69, 9.17) is 5.26 Å². The van der Waals surface area contributed by atoms with Crippen LogP contribution < -0.4 is 0 Å². The molecular formula is C15H11N5. The van der Waals surface area contributed by atoms with Crippen molar-refractivity contribution in [2.45, 2.75) is 6.42 Å². The lowest BCUT2D eigenvalue weighted by molar-refractivity contribution is 0.797. The predicted molar refractivity (Wildman–Crippen MR) is 73.9 cm³/mol. The summed E-state index contributed by atoms with van der Waals surface area (Å²) < 4.78 is 1.62. The molecule has 0 aliphatic rings. The van der Waals surface area contributed by atoms with Crippen molar-refractivity contribution in [2.24, 2.45) is 0 Å². The second kappa shape index (κ2) is 5.33. The molecule has 1 aromatic carbocycles. The van der Waals surface area contributed by atoms with Crippen LogP contribution in [0.5, 0.6) is 0 Å². The third kappa shape index (κ3) is 2.27. The fraction of sp³-hybridized carbons (Fsp3) is 0.0667. The third-order valence-corrected chi connectivity index (χ3v) is 2.81. The quantitative estimate of drug-likeness (QED) is 0.726. The van der Waals surface area contributed by atoms with Crippen LogP contribution in [0.15, 0.2) is 54.7 Å². The Morgan fingerprint density at radius 3 is 2.55 bits per heavy atom. The van der Waals surface area contributed by atoms with E-state index < -0.39 is 0 Å². The molecular weight excluding hydrogens is 250 g/mol. The summed E-state index contributed by atoms with van der Waals surface area (Å²) in [5, 5.41) is 13.4.